The van der Waals surface area contributed by atoms with Crippen LogP contribution in [0.25, 0.3) is 10.2 Å². The quantitative estimate of drug-likeness (QED) is 0.769. The molecule has 1 aromatic carbocycles. The van der Waals surface area contributed by atoms with Crippen LogP contribution in [0.2, 0.25) is 0 Å². The Morgan fingerprint density at radius 2 is 2.25 bits per heavy atom. The molecule has 0 spiro atoms. The van der Waals surface area contributed by atoms with Gasteiger partial charge in [-0.1, -0.05) is 13.0 Å². The predicted octanol–water partition coefficient (Wildman–Crippen LogP) is 2.31. The van der Waals surface area contributed by atoms with E-state index in [0.29, 0.717) is 10.2 Å². The summed E-state index contributed by atoms with van der Waals surface area (Å²) in [6.07, 6.45) is 2.08. The van der Waals surface area contributed by atoms with Crippen molar-refractivity contribution in [2.45, 2.75) is 13.3 Å². The Balaban J connectivity index is 1.71. The van der Waals surface area contributed by atoms with Crippen molar-refractivity contribution in [3.05, 3.63) is 57.7 Å². The topological polar surface area (TPSA) is 73.2 Å². The number of hydrogen-bond donors (Lipinski definition) is 1. The number of nitrogens with one attached hydrogen (secondary N) is 1. The number of rotatable bonds is 5. The van der Waals surface area contributed by atoms with Crippen molar-refractivity contribution in [3.8, 4) is 5.75 Å². The minimum atomic E-state index is -0.548. The monoisotopic (exact) mass is 347 g/mol. The van der Waals surface area contributed by atoms with E-state index in [0.717, 1.165) is 16.0 Å². The standard InChI is InChI=1S/C16H14FN3O3S/c1-2-12-7-13-15(24-12)18-9-20(16(13)22)19-14(21)8-23-11-5-3-4-10(17)6-11/h3-7,9H,2,8H2,1H3,(H,19,21). The molecule has 0 saturated heterocycles. The first-order valence-electron chi connectivity index (χ1n) is 7.25. The number of aromatic nitrogens is 2. The molecule has 0 bridgehead atoms. The molecule has 3 rings (SSSR count). The summed E-state index contributed by atoms with van der Waals surface area (Å²) in [4.78, 5) is 30.1. The Labute approximate surface area is 140 Å². The van der Waals surface area contributed by atoms with Gasteiger partial charge in [0.05, 0.1) is 5.39 Å². The lowest BCUT2D eigenvalue weighted by atomic mass is 10.3. The molecule has 0 saturated carbocycles. The van der Waals surface area contributed by atoms with Crippen LogP contribution in [0.4, 0.5) is 4.39 Å². The maximum absolute atomic E-state index is 13.0. The number of amides is 1. The highest BCUT2D eigenvalue weighted by molar-refractivity contribution is 7.18. The van der Waals surface area contributed by atoms with Crippen LogP contribution in [0.5, 0.6) is 5.75 Å². The van der Waals surface area contributed by atoms with Gasteiger partial charge >= 0.3 is 0 Å². The van der Waals surface area contributed by atoms with E-state index in [1.165, 1.54) is 41.9 Å². The van der Waals surface area contributed by atoms with Crippen molar-refractivity contribution >= 4 is 27.5 Å². The molecule has 0 radical (unpaired) electrons. The molecule has 3 aromatic rings. The molecule has 24 heavy (non-hydrogen) atoms. The zero-order valence-corrected chi connectivity index (χ0v) is 13.6. The number of hydrogen-bond acceptors (Lipinski definition) is 5. The second-order valence-electron chi connectivity index (χ2n) is 4.99. The van der Waals surface area contributed by atoms with Gasteiger partial charge < -0.3 is 4.74 Å². The maximum Gasteiger partial charge on any atom is 0.280 e. The van der Waals surface area contributed by atoms with E-state index >= 15 is 0 Å². The SMILES string of the molecule is CCc1cc2c(=O)n(NC(=O)COc3cccc(F)c3)cnc2s1. The van der Waals surface area contributed by atoms with Crippen molar-refractivity contribution in [3.63, 3.8) is 0 Å². The van der Waals surface area contributed by atoms with E-state index in [1.54, 1.807) is 6.07 Å². The molecule has 0 unspecified atom stereocenters. The molecule has 124 valence electrons. The van der Waals surface area contributed by atoms with Gasteiger partial charge in [0.25, 0.3) is 11.5 Å². The highest BCUT2D eigenvalue weighted by Gasteiger charge is 2.10. The molecule has 1 amide bonds. The van der Waals surface area contributed by atoms with Gasteiger partial charge in [-0.2, -0.15) is 0 Å². The molecule has 2 aromatic heterocycles. The highest BCUT2D eigenvalue weighted by Crippen LogP contribution is 2.20. The second-order valence-corrected chi connectivity index (χ2v) is 6.10. The fraction of sp³-hybridized carbons (Fsp3) is 0.188. The normalized spacial score (nSPS) is 10.8. The lowest BCUT2D eigenvalue weighted by Crippen LogP contribution is -2.35. The molecule has 0 aliphatic rings. The number of carbonyl (C=O) groups is 1. The van der Waals surface area contributed by atoms with Crippen LogP contribution >= 0.6 is 11.3 Å². The Morgan fingerprint density at radius 3 is 3.00 bits per heavy atom. The summed E-state index contributed by atoms with van der Waals surface area (Å²) in [5, 5.41) is 0.464. The number of nitrogens with zero attached hydrogens (tertiary/aromatic N) is 2. The van der Waals surface area contributed by atoms with E-state index < -0.39 is 11.7 Å². The van der Waals surface area contributed by atoms with Crippen LogP contribution < -0.4 is 15.7 Å². The zero-order chi connectivity index (χ0) is 17.1. The molecular formula is C16H14FN3O3S. The maximum atomic E-state index is 13.0. The summed E-state index contributed by atoms with van der Waals surface area (Å²) >= 11 is 1.45. The van der Waals surface area contributed by atoms with E-state index in [1.807, 2.05) is 6.92 Å². The van der Waals surface area contributed by atoms with Crippen molar-refractivity contribution in [1.29, 1.82) is 0 Å². The molecular weight excluding hydrogens is 333 g/mol. The molecule has 6 nitrogen and oxygen atoms in total. The average molecular weight is 347 g/mol. The summed E-state index contributed by atoms with van der Waals surface area (Å²) in [6.45, 7) is 1.65. The minimum absolute atomic E-state index is 0.233. The number of benzene rings is 1. The number of aryl methyl sites for hydroxylation is 1. The van der Waals surface area contributed by atoms with E-state index in [2.05, 4.69) is 10.4 Å². The average Bonchev–Trinajstić information content (AvgIpc) is 3.00. The van der Waals surface area contributed by atoms with Crippen LogP contribution in [0.1, 0.15) is 11.8 Å². The summed E-state index contributed by atoms with van der Waals surface area (Å²) in [7, 11) is 0. The fourth-order valence-corrected chi connectivity index (χ4v) is 3.02. The Morgan fingerprint density at radius 1 is 1.42 bits per heavy atom. The number of fused-ring (bicyclic) bond motifs is 1. The van der Waals surface area contributed by atoms with Crippen LogP contribution in [0.3, 0.4) is 0 Å². The third kappa shape index (κ3) is 3.43. The molecule has 0 fully saturated rings. The van der Waals surface area contributed by atoms with Gasteiger partial charge in [0.15, 0.2) is 6.61 Å². The van der Waals surface area contributed by atoms with E-state index in [-0.39, 0.29) is 17.9 Å². The second kappa shape index (κ2) is 6.79. The Bertz CT molecular complexity index is 951. The van der Waals surface area contributed by atoms with E-state index in [9.17, 15) is 14.0 Å². The number of thiophene rings is 1. The van der Waals surface area contributed by atoms with Gasteiger partial charge in [-0.15, -0.1) is 11.3 Å². The van der Waals surface area contributed by atoms with Gasteiger partial charge in [-0.25, -0.2) is 14.1 Å². The molecule has 0 atom stereocenters. The molecule has 1 N–H and O–H groups in total. The molecule has 8 heteroatoms. The summed E-state index contributed by atoms with van der Waals surface area (Å²) in [5.41, 5.74) is 2.05. The predicted molar refractivity (Wildman–Crippen MR) is 89.5 cm³/mol. The smallest absolute Gasteiger partial charge is 0.280 e. The van der Waals surface area contributed by atoms with Gasteiger partial charge in [0, 0.05) is 10.9 Å². The molecule has 0 aliphatic carbocycles. The summed E-state index contributed by atoms with van der Waals surface area (Å²) < 4.78 is 19.2. The van der Waals surface area contributed by atoms with Crippen LogP contribution in [-0.4, -0.2) is 22.2 Å². The van der Waals surface area contributed by atoms with Gasteiger partial charge in [0.1, 0.15) is 22.7 Å². The molecule has 2 heterocycles. The first kappa shape index (κ1) is 16.1. The summed E-state index contributed by atoms with van der Waals surface area (Å²) in [6, 6.07) is 7.24. The first-order chi connectivity index (χ1) is 11.6. The third-order valence-electron chi connectivity index (χ3n) is 3.26. The van der Waals surface area contributed by atoms with Crippen molar-refractivity contribution in [2.75, 3.05) is 12.0 Å². The minimum Gasteiger partial charge on any atom is -0.484 e. The third-order valence-corrected chi connectivity index (χ3v) is 4.45. The highest BCUT2D eigenvalue weighted by atomic mass is 32.1. The number of ether oxygens (including phenoxy) is 1. The number of halogens is 1. The van der Waals surface area contributed by atoms with Crippen molar-refractivity contribution < 1.29 is 13.9 Å². The first-order valence-corrected chi connectivity index (χ1v) is 8.06. The van der Waals surface area contributed by atoms with Crippen LogP contribution in [-0.2, 0) is 11.2 Å². The Kier molecular flexibility index (Phi) is 4.57. The van der Waals surface area contributed by atoms with Crippen LogP contribution in [0, 0.1) is 5.82 Å². The zero-order valence-electron chi connectivity index (χ0n) is 12.8. The van der Waals surface area contributed by atoms with Gasteiger partial charge in [0.2, 0.25) is 0 Å². The van der Waals surface area contributed by atoms with Crippen molar-refractivity contribution in [1.82, 2.24) is 9.66 Å². The lowest BCUT2D eigenvalue weighted by Gasteiger charge is -2.09. The Hall–Kier alpha value is -2.74. The largest absolute Gasteiger partial charge is 0.484 e. The fourth-order valence-electron chi connectivity index (χ4n) is 2.10. The van der Waals surface area contributed by atoms with Crippen molar-refractivity contribution in [2.24, 2.45) is 0 Å². The van der Waals surface area contributed by atoms with Crippen LogP contribution in [0.15, 0.2) is 41.5 Å². The summed E-state index contributed by atoms with van der Waals surface area (Å²) in [5.74, 6) is -0.770. The lowest BCUT2D eigenvalue weighted by molar-refractivity contribution is -0.119. The molecule has 0 aliphatic heterocycles. The van der Waals surface area contributed by atoms with Gasteiger partial charge in [-0.3, -0.25) is 15.0 Å². The number of carbonyl (C=O) groups excluding carboxylic acids is 1. The van der Waals surface area contributed by atoms with E-state index in [4.69, 9.17) is 4.74 Å². The van der Waals surface area contributed by atoms with Gasteiger partial charge in [-0.05, 0) is 24.6 Å².